The first-order chi connectivity index (χ1) is 11.6. The Morgan fingerprint density at radius 3 is 3.04 bits per heavy atom. The predicted molar refractivity (Wildman–Crippen MR) is 82.4 cm³/mol. The van der Waals surface area contributed by atoms with Crippen LogP contribution >= 0.6 is 0 Å². The lowest BCUT2D eigenvalue weighted by Crippen LogP contribution is -2.54. The summed E-state index contributed by atoms with van der Waals surface area (Å²) in [7, 11) is 1.80. The van der Waals surface area contributed by atoms with Gasteiger partial charge in [0, 0.05) is 25.1 Å². The van der Waals surface area contributed by atoms with Gasteiger partial charge in [-0.25, -0.2) is 0 Å². The summed E-state index contributed by atoms with van der Waals surface area (Å²) in [4.78, 5) is 25.2. The second-order valence-corrected chi connectivity index (χ2v) is 7.03. The Morgan fingerprint density at radius 1 is 1.42 bits per heavy atom. The molecule has 9 nitrogen and oxygen atoms in total. The Bertz CT molecular complexity index is 856. The predicted octanol–water partition coefficient (Wildman–Crippen LogP) is 0.0584. The van der Waals surface area contributed by atoms with Crippen LogP contribution in [0.25, 0.3) is 11.4 Å². The zero-order chi connectivity index (χ0) is 16.5. The third-order valence-corrected chi connectivity index (χ3v) is 5.84. The summed E-state index contributed by atoms with van der Waals surface area (Å²) in [6.45, 7) is 0. The van der Waals surface area contributed by atoms with E-state index in [4.69, 9.17) is 0 Å². The van der Waals surface area contributed by atoms with Gasteiger partial charge >= 0.3 is 0 Å². The summed E-state index contributed by atoms with van der Waals surface area (Å²) in [6, 6.07) is 1.80. The lowest BCUT2D eigenvalue weighted by atomic mass is 9.78. The standard InChI is InChI=1S/C15H17N7O2/c1-22-10(2-3-16-22)11-12(20-21-19-11)17-14(24)15-6-7-4-8(9(15)5-7)13(23)18-15/h2-3,7-9H,4-6H2,1H3,(H,18,23)(H2,17,19,20,21,24). The minimum atomic E-state index is -0.784. The summed E-state index contributed by atoms with van der Waals surface area (Å²) in [5.41, 5.74) is 0.495. The summed E-state index contributed by atoms with van der Waals surface area (Å²) < 4.78 is 1.66. The Labute approximate surface area is 137 Å². The molecule has 0 aromatic carbocycles. The fourth-order valence-corrected chi connectivity index (χ4v) is 4.85. The van der Waals surface area contributed by atoms with Crippen LogP contribution in [0.15, 0.2) is 12.3 Å². The fourth-order valence-electron chi connectivity index (χ4n) is 4.85. The number of anilines is 1. The molecule has 1 aliphatic heterocycles. The number of rotatable bonds is 3. The van der Waals surface area contributed by atoms with Crippen LogP contribution in [-0.4, -0.2) is 42.5 Å². The van der Waals surface area contributed by atoms with Gasteiger partial charge in [0.15, 0.2) is 11.5 Å². The lowest BCUT2D eigenvalue weighted by molar-refractivity contribution is -0.126. The quantitative estimate of drug-likeness (QED) is 0.737. The number of carbonyl (C=O) groups excluding carboxylic acids is 2. The van der Waals surface area contributed by atoms with Crippen molar-refractivity contribution >= 4 is 17.6 Å². The van der Waals surface area contributed by atoms with Crippen LogP contribution < -0.4 is 10.6 Å². The average Bonchev–Trinajstić information content (AvgIpc) is 3.30. The van der Waals surface area contributed by atoms with E-state index in [0.717, 1.165) is 18.5 Å². The molecule has 3 aliphatic rings. The highest BCUT2D eigenvalue weighted by atomic mass is 16.2. The van der Waals surface area contributed by atoms with Crippen molar-refractivity contribution in [1.82, 2.24) is 30.5 Å². The van der Waals surface area contributed by atoms with Crippen molar-refractivity contribution in [2.75, 3.05) is 5.32 Å². The molecule has 0 radical (unpaired) electrons. The first kappa shape index (κ1) is 13.7. The van der Waals surface area contributed by atoms with Gasteiger partial charge in [-0.15, -0.1) is 5.10 Å². The van der Waals surface area contributed by atoms with E-state index in [-0.39, 0.29) is 23.7 Å². The lowest BCUT2D eigenvalue weighted by Gasteiger charge is -2.30. The molecule has 1 saturated heterocycles. The molecule has 2 aromatic rings. The molecule has 4 atom stereocenters. The van der Waals surface area contributed by atoms with E-state index in [9.17, 15) is 9.59 Å². The Morgan fingerprint density at radius 2 is 2.29 bits per heavy atom. The molecule has 2 amide bonds. The van der Waals surface area contributed by atoms with Gasteiger partial charge in [-0.05, 0) is 31.2 Å². The molecule has 2 aromatic heterocycles. The van der Waals surface area contributed by atoms with Crippen molar-refractivity contribution in [3.63, 3.8) is 0 Å². The first-order valence-electron chi connectivity index (χ1n) is 8.11. The average molecular weight is 327 g/mol. The maximum atomic E-state index is 13.0. The highest BCUT2D eigenvalue weighted by Crippen LogP contribution is 2.57. The molecular formula is C15H17N7O2. The molecule has 9 heteroatoms. The summed E-state index contributed by atoms with van der Waals surface area (Å²) in [6.07, 6.45) is 4.23. The molecule has 3 N–H and O–H groups in total. The summed E-state index contributed by atoms with van der Waals surface area (Å²) in [5, 5.41) is 20.7. The second-order valence-electron chi connectivity index (χ2n) is 7.03. The van der Waals surface area contributed by atoms with Crippen LogP contribution in [0.2, 0.25) is 0 Å². The number of aromatic nitrogens is 5. The van der Waals surface area contributed by atoms with Crippen LogP contribution in [0.4, 0.5) is 5.82 Å². The van der Waals surface area contributed by atoms with Crippen molar-refractivity contribution in [1.29, 1.82) is 0 Å². The monoisotopic (exact) mass is 327 g/mol. The highest BCUT2D eigenvalue weighted by Gasteiger charge is 2.66. The van der Waals surface area contributed by atoms with Gasteiger partial charge in [0.1, 0.15) is 5.54 Å². The number of nitrogens with zero attached hydrogens (tertiary/aromatic N) is 4. The smallest absolute Gasteiger partial charge is 0.251 e. The van der Waals surface area contributed by atoms with E-state index >= 15 is 0 Å². The molecule has 4 unspecified atom stereocenters. The van der Waals surface area contributed by atoms with Gasteiger partial charge in [-0.1, -0.05) is 0 Å². The van der Waals surface area contributed by atoms with Gasteiger partial charge in [0.2, 0.25) is 5.91 Å². The van der Waals surface area contributed by atoms with Crippen LogP contribution in [-0.2, 0) is 16.6 Å². The number of nitrogens with one attached hydrogen (secondary N) is 3. The van der Waals surface area contributed by atoms with Crippen molar-refractivity contribution in [3.8, 4) is 11.4 Å². The maximum absolute atomic E-state index is 13.0. The Hall–Kier alpha value is -2.71. The molecular weight excluding hydrogens is 310 g/mol. The van der Waals surface area contributed by atoms with Crippen LogP contribution in [0.3, 0.4) is 0 Å². The number of aryl methyl sites for hydroxylation is 1. The largest absolute Gasteiger partial charge is 0.341 e. The van der Waals surface area contributed by atoms with Crippen molar-refractivity contribution < 1.29 is 9.59 Å². The van der Waals surface area contributed by atoms with Crippen molar-refractivity contribution in [2.24, 2.45) is 24.8 Å². The zero-order valence-corrected chi connectivity index (χ0v) is 13.1. The normalized spacial score (nSPS) is 33.0. The van der Waals surface area contributed by atoms with E-state index in [1.54, 1.807) is 24.0 Å². The number of hydrogen-bond acceptors (Lipinski definition) is 5. The molecule has 3 heterocycles. The molecule has 2 saturated carbocycles. The highest BCUT2D eigenvalue weighted by molar-refractivity contribution is 6.05. The molecule has 2 aliphatic carbocycles. The summed E-state index contributed by atoms with van der Waals surface area (Å²) >= 11 is 0. The minimum Gasteiger partial charge on any atom is -0.341 e. The van der Waals surface area contributed by atoms with Gasteiger partial charge in [0.05, 0.1) is 5.69 Å². The van der Waals surface area contributed by atoms with Gasteiger partial charge < -0.3 is 10.6 Å². The fraction of sp³-hybridized carbons (Fsp3) is 0.533. The molecule has 24 heavy (non-hydrogen) atoms. The van der Waals surface area contributed by atoms with Crippen molar-refractivity contribution in [3.05, 3.63) is 12.3 Å². The second kappa shape index (κ2) is 4.43. The third kappa shape index (κ3) is 1.61. The first-order valence-corrected chi connectivity index (χ1v) is 8.11. The number of amides is 2. The maximum Gasteiger partial charge on any atom is 0.251 e. The van der Waals surface area contributed by atoms with E-state index in [1.807, 2.05) is 0 Å². The van der Waals surface area contributed by atoms with E-state index in [1.165, 1.54) is 0 Å². The van der Waals surface area contributed by atoms with E-state index < -0.39 is 5.54 Å². The molecule has 124 valence electrons. The van der Waals surface area contributed by atoms with Gasteiger partial charge in [0.25, 0.3) is 5.91 Å². The Kier molecular flexibility index (Phi) is 2.53. The van der Waals surface area contributed by atoms with Gasteiger partial charge in [-0.2, -0.15) is 15.4 Å². The Balaban J connectivity index is 1.46. The molecule has 2 bridgehead atoms. The molecule has 3 fully saturated rings. The SMILES string of the molecule is Cn1nccc1-c1n[nH]nc1NC(=O)C12CC3CC(C(=O)N1)C2C3. The third-order valence-electron chi connectivity index (χ3n) is 5.84. The number of hydrogen-bond donors (Lipinski definition) is 3. The number of carbonyl (C=O) groups is 2. The zero-order valence-electron chi connectivity index (χ0n) is 13.1. The van der Waals surface area contributed by atoms with Crippen LogP contribution in [0.5, 0.6) is 0 Å². The van der Waals surface area contributed by atoms with Crippen LogP contribution in [0, 0.1) is 17.8 Å². The molecule has 0 spiro atoms. The van der Waals surface area contributed by atoms with Crippen LogP contribution in [0.1, 0.15) is 19.3 Å². The number of H-pyrrole nitrogens is 1. The molecule has 5 rings (SSSR count). The number of fused-ring (bicyclic) bond motifs is 1. The topological polar surface area (TPSA) is 118 Å². The van der Waals surface area contributed by atoms with E-state index in [2.05, 4.69) is 31.1 Å². The van der Waals surface area contributed by atoms with E-state index in [0.29, 0.717) is 23.9 Å². The van der Waals surface area contributed by atoms with Gasteiger partial charge in [-0.3, -0.25) is 14.3 Å². The number of aromatic amines is 1. The summed E-state index contributed by atoms with van der Waals surface area (Å²) in [5.74, 6) is 0.729. The minimum absolute atomic E-state index is 0.0108. The van der Waals surface area contributed by atoms with Crippen molar-refractivity contribution in [2.45, 2.75) is 24.8 Å².